The molecule has 5 heteroatoms. The van der Waals surface area contributed by atoms with Gasteiger partial charge < -0.3 is 13.7 Å². The van der Waals surface area contributed by atoms with E-state index in [0.717, 1.165) is 82.8 Å². The van der Waals surface area contributed by atoms with E-state index < -0.39 is 0 Å². The molecule has 0 saturated heterocycles. The summed E-state index contributed by atoms with van der Waals surface area (Å²) in [6.45, 7) is 16.1. The van der Waals surface area contributed by atoms with Crippen LogP contribution in [-0.2, 0) is 0 Å². The van der Waals surface area contributed by atoms with Crippen LogP contribution in [0.5, 0.6) is 0 Å². The minimum absolute atomic E-state index is 0.587. The molecule has 254 valence electrons. The fourth-order valence-corrected chi connectivity index (χ4v) is 8.75. The minimum atomic E-state index is 0.587. The van der Waals surface area contributed by atoms with Gasteiger partial charge in [-0.05, 0) is 83.2 Å². The third-order valence-corrected chi connectivity index (χ3v) is 11.1. The third kappa shape index (κ3) is 4.45. The first-order chi connectivity index (χ1) is 27.2. The highest BCUT2D eigenvalue weighted by Crippen LogP contribution is 2.42. The van der Waals surface area contributed by atoms with Crippen LogP contribution in [0, 0.1) is 13.1 Å². The van der Waals surface area contributed by atoms with Gasteiger partial charge in [-0.2, -0.15) is 0 Å². The number of hydrogen-bond donors (Lipinski definition) is 0. The van der Waals surface area contributed by atoms with Crippen molar-refractivity contribution >= 4 is 76.8 Å². The van der Waals surface area contributed by atoms with Gasteiger partial charge in [0.15, 0.2) is 11.4 Å². The Morgan fingerprint density at radius 2 is 0.909 bits per heavy atom. The summed E-state index contributed by atoms with van der Waals surface area (Å²) in [5.41, 5.74) is 12.6. The molecule has 0 N–H and O–H groups in total. The van der Waals surface area contributed by atoms with Crippen LogP contribution in [0.25, 0.3) is 103 Å². The molecule has 0 atom stereocenters. The fraction of sp³-hybridized carbons (Fsp3) is 0. The molecule has 3 aromatic heterocycles. The monoisotopic (exact) mass is 699 g/mol. The van der Waals surface area contributed by atoms with Crippen LogP contribution in [-0.4, -0.2) is 13.7 Å². The zero-order valence-electron chi connectivity index (χ0n) is 29.5. The van der Waals surface area contributed by atoms with Gasteiger partial charge in [0.2, 0.25) is 0 Å². The van der Waals surface area contributed by atoms with Gasteiger partial charge >= 0.3 is 0 Å². The van der Waals surface area contributed by atoms with Gasteiger partial charge in [0.25, 0.3) is 0 Å². The number of nitrogens with zero attached hydrogens (tertiary/aromatic N) is 5. The van der Waals surface area contributed by atoms with E-state index in [-0.39, 0.29) is 0 Å². The van der Waals surface area contributed by atoms with Crippen LogP contribution < -0.4 is 0 Å². The number of hydrogen-bond acceptors (Lipinski definition) is 0. The standard InChI is InChI=1S/C50H29N5/c1-51-33-25-28-48-42(30-33)40-18-6-10-23-47(40)55(48)49-24-12-19-41-39-17-5-9-22-46(39)54(50(41)49)35-26-27-36(43(31-35)52-2)32-13-11-14-34(29-32)53-44-20-7-3-15-37(44)38-16-4-8-21-45(38)53/h3-31H. The number of aromatic nitrogens is 3. The maximum atomic E-state index is 8.45. The van der Waals surface area contributed by atoms with Crippen molar-refractivity contribution in [3.8, 4) is 28.2 Å². The molecule has 0 saturated carbocycles. The molecule has 0 unspecified atom stereocenters. The van der Waals surface area contributed by atoms with Crippen molar-refractivity contribution in [2.45, 2.75) is 0 Å². The molecule has 0 aliphatic rings. The molecule has 0 aliphatic carbocycles. The van der Waals surface area contributed by atoms with Gasteiger partial charge in [0.05, 0.1) is 51.9 Å². The highest BCUT2D eigenvalue weighted by atomic mass is 15.1. The molecule has 0 spiro atoms. The molecule has 11 rings (SSSR count). The van der Waals surface area contributed by atoms with Gasteiger partial charge in [-0.15, -0.1) is 0 Å². The molecule has 0 radical (unpaired) electrons. The Morgan fingerprint density at radius 3 is 1.58 bits per heavy atom. The van der Waals surface area contributed by atoms with E-state index in [2.05, 4.69) is 181 Å². The van der Waals surface area contributed by atoms with Gasteiger partial charge in [0, 0.05) is 38.3 Å². The summed E-state index contributed by atoms with van der Waals surface area (Å²) in [7, 11) is 0. The Labute approximate surface area is 316 Å². The topological polar surface area (TPSA) is 23.5 Å². The van der Waals surface area contributed by atoms with E-state index in [1.165, 1.54) is 10.8 Å². The summed E-state index contributed by atoms with van der Waals surface area (Å²) < 4.78 is 6.94. The van der Waals surface area contributed by atoms with E-state index in [0.29, 0.717) is 11.4 Å². The van der Waals surface area contributed by atoms with Crippen LogP contribution in [0.1, 0.15) is 0 Å². The average Bonchev–Trinajstić information content (AvgIpc) is 3.89. The van der Waals surface area contributed by atoms with Crippen LogP contribution in [0.4, 0.5) is 11.4 Å². The van der Waals surface area contributed by atoms with Crippen molar-refractivity contribution in [3.63, 3.8) is 0 Å². The maximum Gasteiger partial charge on any atom is 0.196 e. The predicted octanol–water partition coefficient (Wildman–Crippen LogP) is 13.7. The summed E-state index contributed by atoms with van der Waals surface area (Å²) >= 11 is 0. The van der Waals surface area contributed by atoms with Crippen molar-refractivity contribution in [3.05, 3.63) is 199 Å². The molecule has 5 nitrogen and oxygen atoms in total. The maximum absolute atomic E-state index is 8.45. The Hall–Kier alpha value is -7.86. The Balaban J connectivity index is 1.13. The number of rotatable bonds is 4. The van der Waals surface area contributed by atoms with E-state index in [4.69, 9.17) is 13.1 Å². The summed E-state index contributed by atoms with van der Waals surface area (Å²) in [4.78, 5) is 7.88. The van der Waals surface area contributed by atoms with Gasteiger partial charge in [-0.1, -0.05) is 109 Å². The largest absolute Gasteiger partial charge is 0.309 e. The second-order valence-corrected chi connectivity index (χ2v) is 13.9. The molecule has 0 amide bonds. The first kappa shape index (κ1) is 30.7. The van der Waals surface area contributed by atoms with E-state index in [9.17, 15) is 0 Å². The Kier molecular flexibility index (Phi) is 6.61. The van der Waals surface area contributed by atoms with Crippen molar-refractivity contribution in [2.75, 3.05) is 0 Å². The third-order valence-electron chi connectivity index (χ3n) is 11.1. The van der Waals surface area contributed by atoms with Crippen molar-refractivity contribution in [1.29, 1.82) is 0 Å². The molecule has 0 bridgehead atoms. The normalized spacial score (nSPS) is 11.6. The lowest BCUT2D eigenvalue weighted by molar-refractivity contribution is 1.13. The fourth-order valence-electron chi connectivity index (χ4n) is 8.75. The second-order valence-electron chi connectivity index (χ2n) is 13.9. The summed E-state index contributed by atoms with van der Waals surface area (Å²) in [5, 5.41) is 6.85. The van der Waals surface area contributed by atoms with Crippen LogP contribution in [0.3, 0.4) is 0 Å². The van der Waals surface area contributed by atoms with E-state index in [1.807, 2.05) is 18.2 Å². The highest BCUT2D eigenvalue weighted by molar-refractivity contribution is 6.15. The lowest BCUT2D eigenvalue weighted by atomic mass is 10.0. The van der Waals surface area contributed by atoms with Crippen LogP contribution in [0.15, 0.2) is 176 Å². The molecular weight excluding hydrogens is 671 g/mol. The molecule has 3 heterocycles. The summed E-state index contributed by atoms with van der Waals surface area (Å²) in [5.74, 6) is 0. The van der Waals surface area contributed by atoms with Crippen LogP contribution in [0.2, 0.25) is 0 Å². The Bertz CT molecular complexity index is 3420. The lowest BCUT2D eigenvalue weighted by Gasteiger charge is -2.16. The van der Waals surface area contributed by atoms with Crippen molar-refractivity contribution in [2.24, 2.45) is 0 Å². The number of fused-ring (bicyclic) bond motifs is 9. The number of benzene rings is 8. The predicted molar refractivity (Wildman–Crippen MR) is 227 cm³/mol. The van der Waals surface area contributed by atoms with E-state index in [1.54, 1.807) is 0 Å². The SMILES string of the molecule is [C-]#[N+]c1ccc2c(c1)c1ccccc1n2-c1cccc2c3ccccc3n(-c3ccc(-c4cccc(-n5c6ccccc6c6ccccc65)c4)c([N+]#[C-])c3)c12. The van der Waals surface area contributed by atoms with Gasteiger partial charge in [-0.3, -0.25) is 0 Å². The quantitative estimate of drug-likeness (QED) is 0.163. The molecule has 0 aliphatic heterocycles. The molecule has 8 aromatic carbocycles. The van der Waals surface area contributed by atoms with Crippen molar-refractivity contribution in [1.82, 2.24) is 13.7 Å². The molecule has 0 fully saturated rings. The van der Waals surface area contributed by atoms with Crippen molar-refractivity contribution < 1.29 is 0 Å². The zero-order valence-corrected chi connectivity index (χ0v) is 29.5. The molecule has 55 heavy (non-hydrogen) atoms. The lowest BCUT2D eigenvalue weighted by Crippen LogP contribution is -2.00. The highest BCUT2D eigenvalue weighted by Gasteiger charge is 2.21. The first-order valence-corrected chi connectivity index (χ1v) is 18.3. The van der Waals surface area contributed by atoms with Gasteiger partial charge in [-0.25, -0.2) is 9.69 Å². The zero-order chi connectivity index (χ0) is 36.6. The molecular formula is C50H29N5. The second kappa shape index (κ2) is 11.8. The van der Waals surface area contributed by atoms with Crippen LogP contribution >= 0.6 is 0 Å². The van der Waals surface area contributed by atoms with E-state index >= 15 is 0 Å². The Morgan fingerprint density at radius 1 is 0.364 bits per heavy atom. The molecule has 11 aromatic rings. The van der Waals surface area contributed by atoms with Gasteiger partial charge in [0.1, 0.15) is 0 Å². The number of para-hydroxylation sites is 5. The summed E-state index contributed by atoms with van der Waals surface area (Å²) in [6.07, 6.45) is 0. The minimum Gasteiger partial charge on any atom is -0.309 e. The first-order valence-electron chi connectivity index (χ1n) is 18.3. The summed E-state index contributed by atoms with van der Waals surface area (Å²) in [6, 6.07) is 61.2. The smallest absolute Gasteiger partial charge is 0.196 e. The average molecular weight is 700 g/mol.